The molecule has 1 aromatic heterocycles. The third kappa shape index (κ3) is 3.78. The summed E-state index contributed by atoms with van der Waals surface area (Å²) in [6.07, 6.45) is 0.539. The number of cyclic esters (lactones) is 1. The van der Waals surface area contributed by atoms with E-state index in [9.17, 15) is 22.4 Å². The molecular weight excluding hydrogens is 340 g/mol. The van der Waals surface area contributed by atoms with Crippen LogP contribution in [-0.2, 0) is 17.5 Å². The molecule has 0 fully saturated rings. The lowest BCUT2D eigenvalue weighted by Crippen LogP contribution is -2.32. The molecule has 1 aromatic carbocycles. The fourth-order valence-corrected chi connectivity index (χ4v) is 2.43. The maximum atomic E-state index is 13.4. The van der Waals surface area contributed by atoms with Crippen LogP contribution in [0.5, 0.6) is 0 Å². The van der Waals surface area contributed by atoms with Crippen molar-refractivity contribution >= 4 is 6.09 Å². The quantitative estimate of drug-likeness (QED) is 0.771. The summed E-state index contributed by atoms with van der Waals surface area (Å²) < 4.78 is 56.7. The SMILES string of the molecule is O=C1OC=CCN1Cc1cncc(-c2ccc(F)c(C(F)(F)F)c2)c1. The number of alkyl halides is 3. The number of ether oxygens (including phenoxy) is 1. The number of carbonyl (C=O) groups excluding carboxylic acids is 1. The second kappa shape index (κ2) is 6.54. The largest absolute Gasteiger partial charge is 0.419 e. The lowest BCUT2D eigenvalue weighted by atomic mass is 10.0. The van der Waals surface area contributed by atoms with Gasteiger partial charge in [-0.15, -0.1) is 0 Å². The van der Waals surface area contributed by atoms with Crippen molar-refractivity contribution in [1.82, 2.24) is 9.88 Å². The summed E-state index contributed by atoms with van der Waals surface area (Å²) in [4.78, 5) is 17.0. The van der Waals surface area contributed by atoms with Crippen LogP contribution >= 0.6 is 0 Å². The lowest BCUT2D eigenvalue weighted by Gasteiger charge is -2.22. The predicted molar refractivity (Wildman–Crippen MR) is 80.7 cm³/mol. The van der Waals surface area contributed by atoms with Crippen LogP contribution in [0.25, 0.3) is 11.1 Å². The van der Waals surface area contributed by atoms with Crippen molar-refractivity contribution in [3.05, 3.63) is 65.9 Å². The highest BCUT2D eigenvalue weighted by Gasteiger charge is 2.34. The van der Waals surface area contributed by atoms with Gasteiger partial charge in [-0.05, 0) is 35.4 Å². The lowest BCUT2D eigenvalue weighted by molar-refractivity contribution is -0.139. The van der Waals surface area contributed by atoms with E-state index in [4.69, 9.17) is 4.74 Å². The number of carbonyl (C=O) groups is 1. The summed E-state index contributed by atoms with van der Waals surface area (Å²) in [5.41, 5.74) is -0.143. The Morgan fingerprint density at radius 1 is 1.16 bits per heavy atom. The molecule has 0 N–H and O–H groups in total. The molecule has 3 rings (SSSR count). The van der Waals surface area contributed by atoms with Crippen LogP contribution in [0.2, 0.25) is 0 Å². The van der Waals surface area contributed by atoms with Crippen molar-refractivity contribution in [2.45, 2.75) is 12.7 Å². The minimum absolute atomic E-state index is 0.184. The first-order valence-electron chi connectivity index (χ1n) is 7.26. The average Bonchev–Trinajstić information content (AvgIpc) is 2.57. The summed E-state index contributed by atoms with van der Waals surface area (Å²) in [6, 6.07) is 4.38. The van der Waals surface area contributed by atoms with Gasteiger partial charge in [0.2, 0.25) is 0 Å². The minimum Gasteiger partial charge on any atom is -0.418 e. The van der Waals surface area contributed by atoms with Gasteiger partial charge in [0, 0.05) is 24.5 Å². The Kier molecular flexibility index (Phi) is 4.43. The zero-order valence-corrected chi connectivity index (χ0v) is 12.8. The van der Waals surface area contributed by atoms with Gasteiger partial charge in [0.05, 0.1) is 18.4 Å². The van der Waals surface area contributed by atoms with Crippen molar-refractivity contribution in [2.24, 2.45) is 0 Å². The molecule has 0 spiro atoms. The molecule has 1 aliphatic rings. The van der Waals surface area contributed by atoms with Crippen LogP contribution in [-0.4, -0.2) is 22.5 Å². The van der Waals surface area contributed by atoms with Gasteiger partial charge >= 0.3 is 12.3 Å². The third-order valence-corrected chi connectivity index (χ3v) is 3.62. The molecule has 0 unspecified atom stereocenters. The molecule has 130 valence electrons. The zero-order chi connectivity index (χ0) is 18.0. The molecule has 1 amide bonds. The van der Waals surface area contributed by atoms with Gasteiger partial charge in [-0.2, -0.15) is 13.2 Å². The molecule has 0 saturated carbocycles. The minimum atomic E-state index is -4.78. The summed E-state index contributed by atoms with van der Waals surface area (Å²) in [5, 5.41) is 0. The summed E-state index contributed by atoms with van der Waals surface area (Å²) >= 11 is 0. The standard InChI is InChI=1S/C17H12F4N2O2/c18-15-3-2-12(7-14(15)17(19,20)21)13-6-11(8-22-9-13)10-23-4-1-5-25-16(23)24/h1-3,5-9H,4,10H2. The number of nitrogens with zero attached hydrogens (tertiary/aromatic N) is 2. The van der Waals surface area contributed by atoms with Crippen LogP contribution in [0.3, 0.4) is 0 Å². The van der Waals surface area contributed by atoms with Crippen LogP contribution in [0.1, 0.15) is 11.1 Å². The fourth-order valence-electron chi connectivity index (χ4n) is 2.43. The predicted octanol–water partition coefficient (Wildman–Crippen LogP) is 4.37. The monoisotopic (exact) mass is 352 g/mol. The topological polar surface area (TPSA) is 42.4 Å². The van der Waals surface area contributed by atoms with E-state index >= 15 is 0 Å². The first kappa shape index (κ1) is 16.9. The van der Waals surface area contributed by atoms with Gasteiger partial charge in [-0.25, -0.2) is 9.18 Å². The first-order valence-corrected chi connectivity index (χ1v) is 7.26. The Morgan fingerprint density at radius 3 is 2.68 bits per heavy atom. The van der Waals surface area contributed by atoms with Gasteiger partial charge in [0.25, 0.3) is 0 Å². The molecule has 25 heavy (non-hydrogen) atoms. The van der Waals surface area contributed by atoms with E-state index in [1.54, 1.807) is 12.1 Å². The number of benzene rings is 1. The molecule has 0 atom stereocenters. The van der Waals surface area contributed by atoms with Gasteiger partial charge in [0.15, 0.2) is 0 Å². The Balaban J connectivity index is 1.89. The van der Waals surface area contributed by atoms with E-state index in [0.717, 1.165) is 12.1 Å². The van der Waals surface area contributed by atoms with E-state index in [1.807, 2.05) is 0 Å². The molecular formula is C17H12F4N2O2. The van der Waals surface area contributed by atoms with E-state index in [2.05, 4.69) is 4.98 Å². The molecule has 1 aliphatic heterocycles. The molecule has 0 saturated heterocycles. The molecule has 0 radical (unpaired) electrons. The highest BCUT2D eigenvalue weighted by Crippen LogP contribution is 2.34. The highest BCUT2D eigenvalue weighted by atomic mass is 19.4. The highest BCUT2D eigenvalue weighted by molar-refractivity contribution is 5.70. The zero-order valence-electron chi connectivity index (χ0n) is 12.8. The number of hydrogen-bond donors (Lipinski definition) is 0. The van der Waals surface area contributed by atoms with Crippen molar-refractivity contribution in [2.75, 3.05) is 6.54 Å². The number of pyridine rings is 1. The molecule has 8 heteroatoms. The Hall–Kier alpha value is -2.90. The van der Waals surface area contributed by atoms with E-state index in [-0.39, 0.29) is 12.1 Å². The van der Waals surface area contributed by atoms with Gasteiger partial charge < -0.3 is 4.74 Å². The van der Waals surface area contributed by atoms with Crippen molar-refractivity contribution in [3.63, 3.8) is 0 Å². The summed E-state index contributed by atoms with van der Waals surface area (Å²) in [7, 11) is 0. The number of halogens is 4. The van der Waals surface area contributed by atoms with Crippen LogP contribution < -0.4 is 0 Å². The van der Waals surface area contributed by atoms with Gasteiger partial charge in [-0.3, -0.25) is 9.88 Å². The Morgan fingerprint density at radius 2 is 1.96 bits per heavy atom. The smallest absolute Gasteiger partial charge is 0.418 e. The van der Waals surface area contributed by atoms with Crippen LogP contribution in [0.4, 0.5) is 22.4 Å². The number of amides is 1. The molecule has 0 bridgehead atoms. The normalized spacial score (nSPS) is 14.6. The van der Waals surface area contributed by atoms with Crippen LogP contribution in [0.15, 0.2) is 49.0 Å². The molecule has 2 heterocycles. The molecule has 4 nitrogen and oxygen atoms in total. The van der Waals surface area contributed by atoms with E-state index in [1.165, 1.54) is 29.6 Å². The maximum Gasteiger partial charge on any atom is 0.419 e. The third-order valence-electron chi connectivity index (χ3n) is 3.62. The van der Waals surface area contributed by atoms with Crippen molar-refractivity contribution in [3.8, 4) is 11.1 Å². The van der Waals surface area contributed by atoms with Crippen molar-refractivity contribution < 1.29 is 27.1 Å². The summed E-state index contributed by atoms with van der Waals surface area (Å²) in [6.45, 7) is 0.551. The fraction of sp³-hybridized carbons (Fsp3) is 0.176. The first-order chi connectivity index (χ1) is 11.8. The van der Waals surface area contributed by atoms with Gasteiger partial charge in [-0.1, -0.05) is 6.07 Å². The number of aromatic nitrogens is 1. The number of hydrogen-bond acceptors (Lipinski definition) is 3. The second-order valence-corrected chi connectivity index (χ2v) is 5.41. The Bertz CT molecular complexity index is 834. The van der Waals surface area contributed by atoms with E-state index < -0.39 is 23.7 Å². The van der Waals surface area contributed by atoms with Crippen LogP contribution in [0, 0.1) is 5.82 Å². The van der Waals surface area contributed by atoms with E-state index in [0.29, 0.717) is 17.7 Å². The molecule has 2 aromatic rings. The average molecular weight is 352 g/mol. The van der Waals surface area contributed by atoms with Crippen molar-refractivity contribution in [1.29, 1.82) is 0 Å². The van der Waals surface area contributed by atoms with Gasteiger partial charge in [0.1, 0.15) is 5.82 Å². The Labute approximate surface area is 140 Å². The number of rotatable bonds is 3. The second-order valence-electron chi connectivity index (χ2n) is 5.41. The molecule has 0 aliphatic carbocycles. The maximum absolute atomic E-state index is 13.4. The summed E-state index contributed by atoms with van der Waals surface area (Å²) in [5.74, 6) is -1.33.